The first-order valence-corrected chi connectivity index (χ1v) is 14.0. The van der Waals surface area contributed by atoms with Crippen LogP contribution in [0.5, 0.6) is 0 Å². The molecule has 1 amide bonds. The summed E-state index contributed by atoms with van der Waals surface area (Å²) in [4.78, 5) is 35.9. The molecule has 0 radical (unpaired) electrons. The zero-order chi connectivity index (χ0) is 27.9. The van der Waals surface area contributed by atoms with Crippen molar-refractivity contribution < 1.29 is 33.3 Å². The number of nitrogens with zero attached hydrogens (tertiary/aromatic N) is 1. The van der Waals surface area contributed by atoms with Crippen molar-refractivity contribution in [2.45, 2.75) is 104 Å². The molecule has 0 aliphatic heterocycles. The molecule has 9 heteroatoms. The van der Waals surface area contributed by atoms with Crippen LogP contribution in [-0.2, 0) is 28.5 Å². The summed E-state index contributed by atoms with van der Waals surface area (Å²) < 4.78 is 22.9. The molecule has 212 valence electrons. The average molecular weight is 533 g/mol. The minimum atomic E-state index is -0.980. The molecule has 0 bridgehead atoms. The Morgan fingerprint density at radius 1 is 1.05 bits per heavy atom. The fraction of sp³-hybridized carbons (Fsp3) is 0.793. The number of allylic oxidation sites excluding steroid dienone is 1. The van der Waals surface area contributed by atoms with Crippen LogP contribution in [0.25, 0.3) is 0 Å². The Morgan fingerprint density at radius 3 is 2.39 bits per heavy atom. The van der Waals surface area contributed by atoms with Gasteiger partial charge in [0.15, 0.2) is 0 Å². The van der Waals surface area contributed by atoms with E-state index in [0.29, 0.717) is 24.0 Å². The highest BCUT2D eigenvalue weighted by Crippen LogP contribution is 2.68. The Bertz CT molecular complexity index is 1020. The third-order valence-corrected chi connectivity index (χ3v) is 10.3. The number of carbonyl (C=O) groups is 3. The van der Waals surface area contributed by atoms with Crippen molar-refractivity contribution in [3.63, 3.8) is 0 Å². The molecule has 0 aromatic carbocycles. The van der Waals surface area contributed by atoms with Crippen LogP contribution < -0.4 is 5.43 Å². The number of hydrazone groups is 1. The van der Waals surface area contributed by atoms with Gasteiger partial charge < -0.3 is 18.9 Å². The Kier molecular flexibility index (Phi) is 7.99. The molecule has 4 aliphatic rings. The summed E-state index contributed by atoms with van der Waals surface area (Å²) in [7, 11) is 1.65. The number of esters is 2. The highest BCUT2D eigenvalue weighted by atomic mass is 16.6. The van der Waals surface area contributed by atoms with E-state index in [1.807, 2.05) is 6.92 Å². The normalized spacial score (nSPS) is 40.1. The zero-order valence-electron chi connectivity index (χ0n) is 23.9. The maximum absolute atomic E-state index is 12.3. The van der Waals surface area contributed by atoms with Crippen molar-refractivity contribution in [3.8, 4) is 0 Å². The maximum Gasteiger partial charge on any atom is 0.427 e. The van der Waals surface area contributed by atoms with Gasteiger partial charge in [0.05, 0.1) is 12.3 Å². The van der Waals surface area contributed by atoms with Gasteiger partial charge in [-0.25, -0.2) is 10.2 Å². The first kappa shape index (κ1) is 28.6. The number of methoxy groups -OCH3 is 1. The number of rotatable bonds is 6. The van der Waals surface area contributed by atoms with E-state index in [2.05, 4.69) is 30.5 Å². The molecular formula is C29H44N2O7. The Balaban J connectivity index is 1.68. The first-order valence-electron chi connectivity index (χ1n) is 14.0. The number of nitrogens with one attached hydrogen (secondary N) is 1. The van der Waals surface area contributed by atoms with Crippen LogP contribution in [0, 0.1) is 28.6 Å². The smallest absolute Gasteiger partial charge is 0.427 e. The quantitative estimate of drug-likeness (QED) is 0.170. The van der Waals surface area contributed by atoms with Crippen LogP contribution in [0.15, 0.2) is 16.8 Å². The Labute approximate surface area is 226 Å². The lowest BCUT2D eigenvalue weighted by Gasteiger charge is -2.59. The fourth-order valence-electron chi connectivity index (χ4n) is 8.81. The third-order valence-electron chi connectivity index (χ3n) is 10.3. The lowest BCUT2D eigenvalue weighted by molar-refractivity contribution is -0.167. The van der Waals surface area contributed by atoms with Crippen LogP contribution in [0.2, 0.25) is 0 Å². The van der Waals surface area contributed by atoms with E-state index in [4.69, 9.17) is 18.9 Å². The van der Waals surface area contributed by atoms with Crippen LogP contribution in [0.4, 0.5) is 4.79 Å². The van der Waals surface area contributed by atoms with Gasteiger partial charge in [-0.3, -0.25) is 9.59 Å². The van der Waals surface area contributed by atoms with Crippen molar-refractivity contribution in [2.75, 3.05) is 13.7 Å². The summed E-state index contributed by atoms with van der Waals surface area (Å²) in [5, 5.41) is 4.40. The molecule has 8 atom stereocenters. The average Bonchev–Trinajstić information content (AvgIpc) is 3.10. The van der Waals surface area contributed by atoms with Gasteiger partial charge in [0, 0.05) is 32.8 Å². The van der Waals surface area contributed by atoms with Crippen LogP contribution in [-0.4, -0.2) is 55.3 Å². The van der Waals surface area contributed by atoms with Crippen molar-refractivity contribution in [2.24, 2.45) is 33.7 Å². The standard InChI is InChI=1S/C29H44N2O7/c1-8-36-26(34)31-30-17(2)29(35-7)25(38-19(4)33)16-24-22-10-9-20-15-21(37-18(3)32)11-13-27(20,5)23(22)12-14-28(24,29)6/h9,21-25H,8,10-16H2,1-7H3,(H,31,34)/b30-17-/t21-,22+,23-,24-,25-,27-,28-,29+/m0/s1. The van der Waals surface area contributed by atoms with Gasteiger partial charge in [0.1, 0.15) is 17.8 Å². The molecule has 4 aliphatic carbocycles. The number of fused-ring (bicyclic) bond motifs is 5. The minimum absolute atomic E-state index is 0.0380. The zero-order valence-corrected chi connectivity index (χ0v) is 23.9. The van der Waals surface area contributed by atoms with Crippen molar-refractivity contribution in [1.29, 1.82) is 0 Å². The predicted molar refractivity (Wildman–Crippen MR) is 141 cm³/mol. The number of carbonyl (C=O) groups excluding carboxylic acids is 3. The van der Waals surface area contributed by atoms with Crippen molar-refractivity contribution >= 4 is 23.7 Å². The molecule has 0 spiro atoms. The van der Waals surface area contributed by atoms with Gasteiger partial charge in [-0.1, -0.05) is 25.5 Å². The molecule has 3 saturated carbocycles. The highest BCUT2D eigenvalue weighted by Gasteiger charge is 2.70. The van der Waals surface area contributed by atoms with E-state index in [1.54, 1.807) is 14.0 Å². The topological polar surface area (TPSA) is 113 Å². The second-order valence-electron chi connectivity index (χ2n) is 12.0. The SMILES string of the molecule is CCOC(=O)N/N=C(/C)[C@@]1(OC)[C@@H](OC(C)=O)C[C@H]2[C@@H]3CC=C4C[C@@H](OC(C)=O)CC[C@]4(C)[C@H]3CC[C@@]21C. The molecule has 3 fully saturated rings. The molecule has 0 aromatic rings. The van der Waals surface area contributed by atoms with E-state index in [0.717, 1.165) is 38.5 Å². The molecule has 0 unspecified atom stereocenters. The monoisotopic (exact) mass is 532 g/mol. The number of hydrogen-bond donors (Lipinski definition) is 1. The Morgan fingerprint density at radius 2 is 1.76 bits per heavy atom. The first-order chi connectivity index (χ1) is 17.9. The predicted octanol–water partition coefficient (Wildman–Crippen LogP) is 4.93. The molecule has 9 nitrogen and oxygen atoms in total. The molecule has 4 rings (SSSR count). The second-order valence-corrected chi connectivity index (χ2v) is 12.0. The van der Waals surface area contributed by atoms with Crippen LogP contribution >= 0.6 is 0 Å². The molecular weight excluding hydrogens is 488 g/mol. The van der Waals surface area contributed by atoms with E-state index >= 15 is 0 Å². The largest absolute Gasteiger partial charge is 0.462 e. The number of ether oxygens (including phenoxy) is 4. The van der Waals surface area contributed by atoms with Crippen molar-refractivity contribution in [3.05, 3.63) is 11.6 Å². The lowest BCUT2D eigenvalue weighted by atomic mass is 9.46. The van der Waals surface area contributed by atoms with Gasteiger partial charge in [0.25, 0.3) is 0 Å². The van der Waals surface area contributed by atoms with Gasteiger partial charge in [0.2, 0.25) is 0 Å². The van der Waals surface area contributed by atoms with E-state index in [-0.39, 0.29) is 41.4 Å². The Hall–Kier alpha value is -2.42. The molecule has 38 heavy (non-hydrogen) atoms. The maximum atomic E-state index is 12.3. The molecule has 1 N–H and O–H groups in total. The fourth-order valence-corrected chi connectivity index (χ4v) is 8.81. The van der Waals surface area contributed by atoms with Gasteiger partial charge in [-0.2, -0.15) is 5.10 Å². The summed E-state index contributed by atoms with van der Waals surface area (Å²) in [6.07, 6.45) is 7.38. The van der Waals surface area contributed by atoms with Crippen LogP contribution in [0.3, 0.4) is 0 Å². The summed E-state index contributed by atoms with van der Waals surface area (Å²) in [6, 6.07) is 0. The third kappa shape index (κ3) is 4.54. The summed E-state index contributed by atoms with van der Waals surface area (Å²) in [6.45, 7) is 11.3. The molecule has 0 saturated heterocycles. The lowest BCUT2D eigenvalue weighted by Crippen LogP contribution is -2.61. The minimum Gasteiger partial charge on any atom is -0.462 e. The van der Waals surface area contributed by atoms with E-state index in [9.17, 15) is 14.4 Å². The van der Waals surface area contributed by atoms with Gasteiger partial charge in [-0.05, 0) is 75.5 Å². The van der Waals surface area contributed by atoms with E-state index in [1.165, 1.54) is 19.4 Å². The molecule has 0 heterocycles. The van der Waals surface area contributed by atoms with Gasteiger partial charge >= 0.3 is 18.0 Å². The number of hydrogen-bond acceptors (Lipinski definition) is 8. The summed E-state index contributed by atoms with van der Waals surface area (Å²) in [5.74, 6) is 0.546. The highest BCUT2D eigenvalue weighted by molar-refractivity contribution is 5.93. The molecule has 0 aromatic heterocycles. The van der Waals surface area contributed by atoms with Crippen molar-refractivity contribution in [1.82, 2.24) is 5.43 Å². The van der Waals surface area contributed by atoms with E-state index < -0.39 is 17.8 Å². The van der Waals surface area contributed by atoms with Crippen LogP contribution in [0.1, 0.15) is 86.5 Å². The second kappa shape index (κ2) is 10.6. The summed E-state index contributed by atoms with van der Waals surface area (Å²) in [5.41, 5.74) is 3.20. The number of amides is 1. The summed E-state index contributed by atoms with van der Waals surface area (Å²) >= 11 is 0. The van der Waals surface area contributed by atoms with Gasteiger partial charge in [-0.15, -0.1) is 0 Å².